The first kappa shape index (κ1) is 10.5. The zero-order valence-electron chi connectivity index (χ0n) is 7.50. The number of methoxy groups -OCH3 is 1. The Morgan fingerprint density at radius 3 is 3.00 bits per heavy atom. The van der Waals surface area contributed by atoms with Gasteiger partial charge < -0.3 is 9.47 Å². The van der Waals surface area contributed by atoms with Gasteiger partial charge in [-0.15, -0.1) is 0 Å². The molecule has 0 N–H and O–H groups in total. The van der Waals surface area contributed by atoms with Crippen LogP contribution in [0.5, 0.6) is 5.75 Å². The summed E-state index contributed by atoms with van der Waals surface area (Å²) < 4.78 is 11.1. The predicted octanol–water partition coefficient (Wildman–Crippen LogP) is 2.26. The Morgan fingerprint density at radius 1 is 1.46 bits per heavy atom. The first-order valence-electron chi connectivity index (χ1n) is 4.07. The lowest BCUT2D eigenvalue weighted by atomic mass is 10.4. The van der Waals surface area contributed by atoms with E-state index in [-0.39, 0.29) is 0 Å². The van der Waals surface area contributed by atoms with Gasteiger partial charge in [0.1, 0.15) is 4.60 Å². The SMILES string of the molecule is COCCCOc1cccnc1Br. The molecule has 0 aliphatic carbocycles. The Hall–Kier alpha value is -0.610. The van der Waals surface area contributed by atoms with Crippen molar-refractivity contribution in [3.8, 4) is 5.75 Å². The lowest BCUT2D eigenvalue weighted by Crippen LogP contribution is -2.01. The van der Waals surface area contributed by atoms with Crippen LogP contribution in [-0.2, 0) is 4.74 Å². The smallest absolute Gasteiger partial charge is 0.152 e. The molecule has 0 saturated carbocycles. The van der Waals surface area contributed by atoms with Crippen LogP contribution < -0.4 is 4.74 Å². The number of halogens is 1. The van der Waals surface area contributed by atoms with E-state index in [1.165, 1.54) is 0 Å². The normalized spacial score (nSPS) is 10.0. The van der Waals surface area contributed by atoms with Crippen LogP contribution in [-0.4, -0.2) is 25.3 Å². The molecule has 0 fully saturated rings. The quantitative estimate of drug-likeness (QED) is 0.589. The van der Waals surface area contributed by atoms with E-state index in [0.29, 0.717) is 6.61 Å². The van der Waals surface area contributed by atoms with Crippen molar-refractivity contribution in [3.05, 3.63) is 22.9 Å². The van der Waals surface area contributed by atoms with Crippen LogP contribution in [0.1, 0.15) is 6.42 Å². The van der Waals surface area contributed by atoms with Crippen molar-refractivity contribution >= 4 is 15.9 Å². The Balaban J connectivity index is 2.32. The average Bonchev–Trinajstić information content (AvgIpc) is 2.15. The van der Waals surface area contributed by atoms with Crippen molar-refractivity contribution in [2.45, 2.75) is 6.42 Å². The summed E-state index contributed by atoms with van der Waals surface area (Å²) in [6.45, 7) is 1.37. The van der Waals surface area contributed by atoms with Gasteiger partial charge in [-0.3, -0.25) is 0 Å². The molecule has 0 radical (unpaired) electrons. The van der Waals surface area contributed by atoms with E-state index in [9.17, 15) is 0 Å². The van der Waals surface area contributed by atoms with Crippen molar-refractivity contribution in [1.29, 1.82) is 0 Å². The number of aromatic nitrogens is 1. The van der Waals surface area contributed by atoms with Gasteiger partial charge in [0.05, 0.1) is 6.61 Å². The molecule has 0 bridgehead atoms. The highest BCUT2D eigenvalue weighted by molar-refractivity contribution is 9.10. The fourth-order valence-electron chi connectivity index (χ4n) is 0.864. The number of rotatable bonds is 5. The molecule has 1 aromatic heterocycles. The largest absolute Gasteiger partial charge is 0.491 e. The van der Waals surface area contributed by atoms with Crippen LogP contribution in [0.25, 0.3) is 0 Å². The fourth-order valence-corrected chi connectivity index (χ4v) is 1.23. The highest BCUT2D eigenvalue weighted by Gasteiger charge is 1.99. The molecular formula is C9H12BrNO2. The van der Waals surface area contributed by atoms with Crippen molar-refractivity contribution in [2.24, 2.45) is 0 Å². The highest BCUT2D eigenvalue weighted by Crippen LogP contribution is 2.20. The van der Waals surface area contributed by atoms with Crippen LogP contribution in [0, 0.1) is 0 Å². The molecule has 0 aliphatic rings. The van der Waals surface area contributed by atoms with Crippen LogP contribution in [0.3, 0.4) is 0 Å². The van der Waals surface area contributed by atoms with Gasteiger partial charge in [-0.05, 0) is 28.1 Å². The Kier molecular flexibility index (Phi) is 4.78. The van der Waals surface area contributed by atoms with Gasteiger partial charge in [0, 0.05) is 26.3 Å². The molecule has 0 amide bonds. The zero-order chi connectivity index (χ0) is 9.52. The summed E-state index contributed by atoms with van der Waals surface area (Å²) in [5.74, 6) is 0.776. The van der Waals surface area contributed by atoms with Crippen LogP contribution in [0.2, 0.25) is 0 Å². The number of nitrogens with zero attached hydrogens (tertiary/aromatic N) is 1. The summed E-state index contributed by atoms with van der Waals surface area (Å²) in [5, 5.41) is 0. The molecule has 0 aromatic carbocycles. The van der Waals surface area contributed by atoms with Crippen molar-refractivity contribution in [1.82, 2.24) is 4.98 Å². The molecule has 0 spiro atoms. The van der Waals surface area contributed by atoms with E-state index in [0.717, 1.165) is 23.4 Å². The van der Waals surface area contributed by atoms with E-state index < -0.39 is 0 Å². The van der Waals surface area contributed by atoms with Crippen LogP contribution >= 0.6 is 15.9 Å². The summed E-state index contributed by atoms with van der Waals surface area (Å²) in [7, 11) is 1.68. The van der Waals surface area contributed by atoms with Gasteiger partial charge >= 0.3 is 0 Å². The number of hydrogen-bond acceptors (Lipinski definition) is 3. The third-order valence-corrected chi connectivity index (χ3v) is 2.07. The first-order chi connectivity index (χ1) is 6.34. The van der Waals surface area contributed by atoms with Crippen LogP contribution in [0.4, 0.5) is 0 Å². The van der Waals surface area contributed by atoms with E-state index >= 15 is 0 Å². The van der Waals surface area contributed by atoms with Gasteiger partial charge in [-0.1, -0.05) is 0 Å². The number of hydrogen-bond donors (Lipinski definition) is 0. The minimum Gasteiger partial charge on any atom is -0.491 e. The molecule has 0 saturated heterocycles. The minimum atomic E-state index is 0.651. The van der Waals surface area contributed by atoms with Crippen molar-refractivity contribution in [3.63, 3.8) is 0 Å². The Labute approximate surface area is 86.2 Å². The van der Waals surface area contributed by atoms with Gasteiger partial charge in [-0.2, -0.15) is 0 Å². The maximum Gasteiger partial charge on any atom is 0.152 e. The Morgan fingerprint density at radius 2 is 2.31 bits per heavy atom. The van der Waals surface area contributed by atoms with E-state index in [4.69, 9.17) is 9.47 Å². The van der Waals surface area contributed by atoms with E-state index in [2.05, 4.69) is 20.9 Å². The molecule has 13 heavy (non-hydrogen) atoms. The van der Waals surface area contributed by atoms with Crippen LogP contribution in [0.15, 0.2) is 22.9 Å². The summed E-state index contributed by atoms with van der Waals surface area (Å²) in [5.41, 5.74) is 0. The molecule has 1 aromatic rings. The van der Waals surface area contributed by atoms with Gasteiger partial charge in [0.2, 0.25) is 0 Å². The molecule has 4 heteroatoms. The maximum atomic E-state index is 5.45. The van der Waals surface area contributed by atoms with Gasteiger partial charge in [0.15, 0.2) is 5.75 Å². The Bertz CT molecular complexity index is 255. The topological polar surface area (TPSA) is 31.4 Å². The maximum absolute atomic E-state index is 5.45. The third-order valence-electron chi connectivity index (χ3n) is 1.48. The highest BCUT2D eigenvalue weighted by atomic mass is 79.9. The summed E-state index contributed by atoms with van der Waals surface area (Å²) in [4.78, 5) is 4.04. The lowest BCUT2D eigenvalue weighted by molar-refractivity contribution is 0.171. The zero-order valence-corrected chi connectivity index (χ0v) is 9.08. The molecule has 0 aliphatic heterocycles. The first-order valence-corrected chi connectivity index (χ1v) is 4.86. The lowest BCUT2D eigenvalue weighted by Gasteiger charge is -2.06. The standard InChI is InChI=1S/C9H12BrNO2/c1-12-6-3-7-13-8-4-2-5-11-9(8)10/h2,4-5H,3,6-7H2,1H3. The molecule has 72 valence electrons. The monoisotopic (exact) mass is 245 g/mol. The van der Waals surface area contributed by atoms with Gasteiger partial charge in [0.25, 0.3) is 0 Å². The minimum absolute atomic E-state index is 0.651. The summed E-state index contributed by atoms with van der Waals surface area (Å²) in [6.07, 6.45) is 2.60. The predicted molar refractivity (Wildman–Crippen MR) is 53.9 cm³/mol. The molecule has 0 atom stereocenters. The van der Waals surface area contributed by atoms with Gasteiger partial charge in [-0.25, -0.2) is 4.98 Å². The summed E-state index contributed by atoms with van der Waals surface area (Å²) in [6, 6.07) is 3.72. The van der Waals surface area contributed by atoms with Crippen molar-refractivity contribution < 1.29 is 9.47 Å². The molecule has 3 nitrogen and oxygen atoms in total. The fraction of sp³-hybridized carbons (Fsp3) is 0.444. The van der Waals surface area contributed by atoms with Crippen molar-refractivity contribution in [2.75, 3.05) is 20.3 Å². The molecule has 0 unspecified atom stereocenters. The average molecular weight is 246 g/mol. The molecular weight excluding hydrogens is 234 g/mol. The molecule has 1 heterocycles. The second-order valence-electron chi connectivity index (χ2n) is 2.49. The second-order valence-corrected chi connectivity index (χ2v) is 3.24. The molecule has 1 rings (SSSR count). The summed E-state index contributed by atoms with van der Waals surface area (Å²) >= 11 is 3.30. The third kappa shape index (κ3) is 3.74. The number of ether oxygens (including phenoxy) is 2. The second kappa shape index (κ2) is 5.94. The van der Waals surface area contributed by atoms with E-state index in [1.807, 2.05) is 12.1 Å². The number of pyridine rings is 1. The van der Waals surface area contributed by atoms with E-state index in [1.54, 1.807) is 13.3 Å².